The standard InChI is InChI=1S/C21H25ClN2O5S2/c1-3-30(26,27)18-9-7-17(8-10-18)23-21(25)16-6-11-19(22)20(13-16)31(28,29)24-12-4-5-15(2)14-24/h6-11,13,15H,3-5,12,14H2,1-2H3,(H,23,25). The fourth-order valence-corrected chi connectivity index (χ4v) is 6.44. The Balaban J connectivity index is 1.83. The fraction of sp³-hybridized carbons (Fsp3) is 0.381. The van der Waals surface area contributed by atoms with Crippen molar-refractivity contribution < 1.29 is 21.6 Å². The van der Waals surface area contributed by atoms with Crippen molar-refractivity contribution in [2.45, 2.75) is 36.5 Å². The van der Waals surface area contributed by atoms with E-state index in [1.165, 1.54) is 46.8 Å². The van der Waals surface area contributed by atoms with Crippen LogP contribution in [-0.2, 0) is 19.9 Å². The van der Waals surface area contributed by atoms with Crippen LogP contribution in [0.25, 0.3) is 0 Å². The van der Waals surface area contributed by atoms with Crippen LogP contribution in [0.15, 0.2) is 52.3 Å². The zero-order valence-corrected chi connectivity index (χ0v) is 19.7. The van der Waals surface area contributed by atoms with Crippen LogP contribution in [0.1, 0.15) is 37.0 Å². The average Bonchev–Trinajstić information content (AvgIpc) is 2.74. The van der Waals surface area contributed by atoms with E-state index in [0.29, 0.717) is 18.8 Å². The largest absolute Gasteiger partial charge is 0.322 e. The number of benzene rings is 2. The third-order valence-corrected chi connectivity index (χ3v) is 9.38. The van der Waals surface area contributed by atoms with Crippen LogP contribution in [0, 0.1) is 5.92 Å². The van der Waals surface area contributed by atoms with Crippen LogP contribution in [0.5, 0.6) is 0 Å². The summed E-state index contributed by atoms with van der Waals surface area (Å²) < 4.78 is 51.4. The number of hydrogen-bond acceptors (Lipinski definition) is 5. The third kappa shape index (κ3) is 5.28. The number of nitrogens with one attached hydrogen (secondary N) is 1. The smallest absolute Gasteiger partial charge is 0.255 e. The molecule has 1 aliphatic rings. The van der Waals surface area contributed by atoms with Crippen LogP contribution in [-0.4, -0.2) is 45.9 Å². The molecule has 31 heavy (non-hydrogen) atoms. The van der Waals surface area contributed by atoms with Gasteiger partial charge in [0.2, 0.25) is 10.0 Å². The molecule has 0 bridgehead atoms. The van der Waals surface area contributed by atoms with Gasteiger partial charge in [0.25, 0.3) is 5.91 Å². The van der Waals surface area contributed by atoms with Crippen LogP contribution in [0.4, 0.5) is 5.69 Å². The lowest BCUT2D eigenvalue weighted by atomic mass is 10.0. The molecule has 1 N–H and O–H groups in total. The van der Waals surface area contributed by atoms with Gasteiger partial charge in [-0.2, -0.15) is 4.31 Å². The van der Waals surface area contributed by atoms with E-state index in [1.807, 2.05) is 6.92 Å². The normalized spacial score (nSPS) is 18.0. The summed E-state index contributed by atoms with van der Waals surface area (Å²) in [5.41, 5.74) is 0.530. The molecule has 1 unspecified atom stereocenters. The zero-order valence-electron chi connectivity index (χ0n) is 17.3. The SMILES string of the molecule is CCS(=O)(=O)c1ccc(NC(=O)c2ccc(Cl)c(S(=O)(=O)N3CCCC(C)C3)c2)cc1. The van der Waals surface area contributed by atoms with Gasteiger partial charge in [-0.15, -0.1) is 0 Å². The lowest BCUT2D eigenvalue weighted by molar-refractivity contribution is 0.102. The summed E-state index contributed by atoms with van der Waals surface area (Å²) in [6.07, 6.45) is 1.75. The Hall–Kier alpha value is -1.94. The van der Waals surface area contributed by atoms with E-state index in [-0.39, 0.29) is 32.0 Å². The molecule has 1 aliphatic heterocycles. The Bertz CT molecular complexity index is 1180. The Morgan fingerprint density at radius 1 is 1.13 bits per heavy atom. The molecule has 2 aromatic rings. The maximum atomic E-state index is 13.1. The second-order valence-electron chi connectivity index (χ2n) is 7.64. The molecule has 0 spiro atoms. The molecule has 1 heterocycles. The lowest BCUT2D eigenvalue weighted by Crippen LogP contribution is -2.39. The molecule has 3 rings (SSSR count). The van der Waals surface area contributed by atoms with Gasteiger partial charge in [-0.1, -0.05) is 25.4 Å². The van der Waals surface area contributed by atoms with E-state index in [0.717, 1.165) is 12.8 Å². The molecule has 1 saturated heterocycles. The number of piperidine rings is 1. The maximum absolute atomic E-state index is 13.1. The molecule has 2 aromatic carbocycles. The highest BCUT2D eigenvalue weighted by atomic mass is 35.5. The monoisotopic (exact) mass is 484 g/mol. The molecular formula is C21H25ClN2O5S2. The second-order valence-corrected chi connectivity index (χ2v) is 12.2. The van der Waals surface area contributed by atoms with E-state index >= 15 is 0 Å². The molecule has 0 saturated carbocycles. The molecule has 1 atom stereocenters. The molecule has 168 valence electrons. The first-order chi connectivity index (χ1) is 14.5. The van der Waals surface area contributed by atoms with E-state index < -0.39 is 25.8 Å². The second kappa shape index (κ2) is 9.28. The van der Waals surface area contributed by atoms with E-state index in [9.17, 15) is 21.6 Å². The van der Waals surface area contributed by atoms with Gasteiger partial charge >= 0.3 is 0 Å². The molecule has 1 fully saturated rings. The minimum Gasteiger partial charge on any atom is -0.322 e. The molecule has 10 heteroatoms. The Kier molecular flexibility index (Phi) is 7.10. The number of sulfone groups is 1. The Morgan fingerprint density at radius 3 is 2.42 bits per heavy atom. The number of anilines is 1. The van der Waals surface area contributed by atoms with Crippen molar-refractivity contribution in [3.8, 4) is 0 Å². The lowest BCUT2D eigenvalue weighted by Gasteiger charge is -2.30. The van der Waals surface area contributed by atoms with Crippen molar-refractivity contribution >= 4 is 43.1 Å². The average molecular weight is 485 g/mol. The highest BCUT2D eigenvalue weighted by Gasteiger charge is 2.31. The number of rotatable bonds is 6. The van der Waals surface area contributed by atoms with E-state index in [2.05, 4.69) is 5.32 Å². The van der Waals surface area contributed by atoms with Crippen LogP contribution in [0.3, 0.4) is 0 Å². The quantitative estimate of drug-likeness (QED) is 0.671. The van der Waals surface area contributed by atoms with Crippen LogP contribution >= 0.6 is 11.6 Å². The molecule has 0 aromatic heterocycles. The number of carbonyl (C=O) groups is 1. The van der Waals surface area contributed by atoms with Gasteiger partial charge in [0.05, 0.1) is 15.7 Å². The van der Waals surface area contributed by atoms with E-state index in [4.69, 9.17) is 11.6 Å². The first-order valence-electron chi connectivity index (χ1n) is 9.98. The Labute approximate surface area is 188 Å². The number of sulfonamides is 1. The van der Waals surface area contributed by atoms with Gasteiger partial charge in [-0.05, 0) is 61.2 Å². The number of hydrogen-bond donors (Lipinski definition) is 1. The summed E-state index contributed by atoms with van der Waals surface area (Å²) in [5.74, 6) is -0.282. The molecule has 1 amide bonds. The van der Waals surface area contributed by atoms with Crippen molar-refractivity contribution in [3.63, 3.8) is 0 Å². The summed E-state index contributed by atoms with van der Waals surface area (Å²) in [6, 6.07) is 9.95. The van der Waals surface area contributed by atoms with Crippen molar-refractivity contribution in [3.05, 3.63) is 53.1 Å². The number of amides is 1. The summed E-state index contributed by atoms with van der Waals surface area (Å²) in [6.45, 7) is 4.40. The predicted octanol–water partition coefficient (Wildman–Crippen LogP) is 3.81. The zero-order chi connectivity index (χ0) is 22.8. The van der Waals surface area contributed by atoms with Crippen molar-refractivity contribution in [1.82, 2.24) is 4.31 Å². The van der Waals surface area contributed by atoms with Crippen LogP contribution < -0.4 is 5.32 Å². The maximum Gasteiger partial charge on any atom is 0.255 e. The minimum atomic E-state index is -3.82. The Morgan fingerprint density at radius 2 is 1.81 bits per heavy atom. The van der Waals surface area contributed by atoms with E-state index in [1.54, 1.807) is 6.92 Å². The number of halogens is 1. The summed E-state index contributed by atoms with van der Waals surface area (Å²) in [5, 5.41) is 2.71. The van der Waals surface area contributed by atoms with Gasteiger partial charge in [-0.25, -0.2) is 16.8 Å². The first kappa shape index (κ1) is 23.7. The van der Waals surface area contributed by atoms with Crippen molar-refractivity contribution in [1.29, 1.82) is 0 Å². The highest BCUT2D eigenvalue weighted by Crippen LogP contribution is 2.29. The molecule has 7 nitrogen and oxygen atoms in total. The van der Waals surface area contributed by atoms with Gasteiger partial charge in [0.15, 0.2) is 9.84 Å². The first-order valence-corrected chi connectivity index (χ1v) is 13.5. The fourth-order valence-electron chi connectivity index (χ4n) is 3.46. The predicted molar refractivity (Wildman–Crippen MR) is 121 cm³/mol. The summed E-state index contributed by atoms with van der Waals surface area (Å²) in [7, 11) is -7.16. The molecular weight excluding hydrogens is 460 g/mol. The van der Waals surface area contributed by atoms with Crippen molar-refractivity contribution in [2.24, 2.45) is 5.92 Å². The summed E-state index contributed by atoms with van der Waals surface area (Å²) in [4.78, 5) is 12.8. The highest BCUT2D eigenvalue weighted by molar-refractivity contribution is 7.91. The number of carbonyl (C=O) groups excluding carboxylic acids is 1. The van der Waals surface area contributed by atoms with Gasteiger partial charge in [0, 0.05) is 24.3 Å². The topological polar surface area (TPSA) is 101 Å². The van der Waals surface area contributed by atoms with Gasteiger partial charge < -0.3 is 5.32 Å². The van der Waals surface area contributed by atoms with Crippen molar-refractivity contribution in [2.75, 3.05) is 24.2 Å². The minimum absolute atomic E-state index is 0.0173. The molecule has 0 aliphatic carbocycles. The number of nitrogens with zero attached hydrogens (tertiary/aromatic N) is 1. The van der Waals surface area contributed by atoms with Crippen LogP contribution in [0.2, 0.25) is 5.02 Å². The van der Waals surface area contributed by atoms with Gasteiger partial charge in [-0.3, -0.25) is 4.79 Å². The third-order valence-electron chi connectivity index (χ3n) is 5.28. The molecule has 0 radical (unpaired) electrons. The summed E-state index contributed by atoms with van der Waals surface area (Å²) >= 11 is 6.18. The van der Waals surface area contributed by atoms with Gasteiger partial charge in [0.1, 0.15) is 4.90 Å².